The second kappa shape index (κ2) is 5.85. The molecule has 0 aliphatic carbocycles. The first-order valence-corrected chi connectivity index (χ1v) is 5.55. The molecule has 1 fully saturated rings. The van der Waals surface area contributed by atoms with Gasteiger partial charge in [-0.15, -0.1) is 0 Å². The number of nitrogens with zero attached hydrogens (tertiary/aromatic N) is 1. The van der Waals surface area contributed by atoms with E-state index in [-0.39, 0.29) is 30.8 Å². The van der Waals surface area contributed by atoms with Crippen LogP contribution in [0.3, 0.4) is 0 Å². The van der Waals surface area contributed by atoms with E-state index < -0.39 is 0 Å². The molecular formula is C11H19NO3. The summed E-state index contributed by atoms with van der Waals surface area (Å²) in [6.07, 6.45) is 3.94. The summed E-state index contributed by atoms with van der Waals surface area (Å²) in [6, 6.07) is -0.0839. The van der Waals surface area contributed by atoms with Crippen LogP contribution in [0, 0.1) is 0 Å². The van der Waals surface area contributed by atoms with Gasteiger partial charge in [-0.05, 0) is 19.8 Å². The molecule has 4 heteroatoms. The minimum absolute atomic E-state index is 0.00362. The van der Waals surface area contributed by atoms with Crippen LogP contribution in [0.1, 0.15) is 39.0 Å². The molecule has 86 valence electrons. The van der Waals surface area contributed by atoms with Crippen LogP contribution in [0.5, 0.6) is 0 Å². The van der Waals surface area contributed by atoms with E-state index in [0.29, 0.717) is 6.54 Å². The summed E-state index contributed by atoms with van der Waals surface area (Å²) in [4.78, 5) is 24.3. The lowest BCUT2D eigenvalue weighted by molar-refractivity contribution is -0.137. The molecule has 0 aromatic carbocycles. The summed E-state index contributed by atoms with van der Waals surface area (Å²) in [5.41, 5.74) is 0. The summed E-state index contributed by atoms with van der Waals surface area (Å²) in [7, 11) is 0. The number of carbonyl (C=O) groups excluding carboxylic acids is 2. The molecule has 0 aromatic rings. The Morgan fingerprint density at radius 1 is 1.33 bits per heavy atom. The number of hydrogen-bond donors (Lipinski definition) is 1. The van der Waals surface area contributed by atoms with Gasteiger partial charge in [0.25, 0.3) is 0 Å². The molecule has 1 saturated heterocycles. The average Bonchev–Trinajstić information content (AvgIpc) is 2.40. The minimum atomic E-state index is -0.136. The van der Waals surface area contributed by atoms with Crippen molar-refractivity contribution in [3.05, 3.63) is 0 Å². The lowest BCUT2D eigenvalue weighted by atomic mass is 10.1. The highest BCUT2D eigenvalue weighted by atomic mass is 16.3. The largest absolute Gasteiger partial charge is 0.394 e. The maximum atomic E-state index is 11.7. The van der Waals surface area contributed by atoms with Crippen molar-refractivity contribution in [2.75, 3.05) is 13.2 Å². The van der Waals surface area contributed by atoms with Crippen molar-refractivity contribution in [3.8, 4) is 0 Å². The van der Waals surface area contributed by atoms with Gasteiger partial charge in [0.15, 0.2) is 0 Å². The number of rotatable bonds is 3. The van der Waals surface area contributed by atoms with Crippen molar-refractivity contribution < 1.29 is 14.7 Å². The molecule has 0 spiro atoms. The van der Waals surface area contributed by atoms with E-state index >= 15 is 0 Å². The fraction of sp³-hybridized carbons (Fsp3) is 0.818. The highest BCUT2D eigenvalue weighted by Gasteiger charge is 2.25. The lowest BCUT2D eigenvalue weighted by Gasteiger charge is -2.28. The summed E-state index contributed by atoms with van der Waals surface area (Å²) in [6.45, 7) is 2.10. The molecule has 1 aliphatic rings. The average molecular weight is 213 g/mol. The number of ketones is 1. The highest BCUT2D eigenvalue weighted by Crippen LogP contribution is 2.17. The van der Waals surface area contributed by atoms with Gasteiger partial charge in [-0.1, -0.05) is 12.8 Å². The second-order valence-corrected chi connectivity index (χ2v) is 4.15. The Morgan fingerprint density at radius 2 is 2.07 bits per heavy atom. The molecule has 1 atom stereocenters. The van der Waals surface area contributed by atoms with Gasteiger partial charge in [0.2, 0.25) is 5.91 Å². The summed E-state index contributed by atoms with van der Waals surface area (Å²) in [5.74, 6) is -0.246. The van der Waals surface area contributed by atoms with Crippen molar-refractivity contribution in [1.82, 2.24) is 4.90 Å². The Morgan fingerprint density at radius 3 is 2.67 bits per heavy atom. The number of carbonyl (C=O) groups is 2. The fourth-order valence-electron chi connectivity index (χ4n) is 2.01. The molecule has 4 nitrogen and oxygen atoms in total. The zero-order valence-corrected chi connectivity index (χ0v) is 9.24. The Hall–Kier alpha value is -0.900. The Labute approximate surface area is 90.3 Å². The molecule has 1 unspecified atom stereocenters. The van der Waals surface area contributed by atoms with Gasteiger partial charge in [0, 0.05) is 6.54 Å². The number of Topliss-reactive ketones (excluding diaryl/α,β-unsaturated/α-hetero) is 1. The summed E-state index contributed by atoms with van der Waals surface area (Å²) >= 11 is 0. The minimum Gasteiger partial charge on any atom is -0.394 e. The summed E-state index contributed by atoms with van der Waals surface area (Å²) in [5, 5.41) is 9.19. The van der Waals surface area contributed by atoms with E-state index in [1.54, 1.807) is 4.90 Å². The molecule has 1 amide bonds. The van der Waals surface area contributed by atoms with Gasteiger partial charge >= 0.3 is 0 Å². The van der Waals surface area contributed by atoms with Gasteiger partial charge in [0.1, 0.15) is 5.78 Å². The van der Waals surface area contributed by atoms with E-state index in [4.69, 9.17) is 0 Å². The van der Waals surface area contributed by atoms with Crippen molar-refractivity contribution in [2.45, 2.75) is 45.1 Å². The Kier molecular flexibility index (Phi) is 4.75. The monoisotopic (exact) mass is 213 g/mol. The Balaban J connectivity index is 2.61. The third-order valence-electron chi connectivity index (χ3n) is 2.81. The molecule has 1 rings (SSSR count). The van der Waals surface area contributed by atoms with Crippen LogP contribution in [0.2, 0.25) is 0 Å². The second-order valence-electron chi connectivity index (χ2n) is 4.15. The first-order chi connectivity index (χ1) is 7.15. The van der Waals surface area contributed by atoms with E-state index in [9.17, 15) is 14.7 Å². The van der Waals surface area contributed by atoms with Gasteiger partial charge in [-0.2, -0.15) is 0 Å². The van der Waals surface area contributed by atoms with Crippen molar-refractivity contribution in [3.63, 3.8) is 0 Å². The molecule has 0 saturated carbocycles. The van der Waals surface area contributed by atoms with Crippen LogP contribution in [0.4, 0.5) is 0 Å². The molecule has 0 bridgehead atoms. The highest BCUT2D eigenvalue weighted by molar-refractivity contribution is 5.96. The van der Waals surface area contributed by atoms with E-state index in [1.807, 2.05) is 0 Å². The maximum absolute atomic E-state index is 11.7. The quantitative estimate of drug-likeness (QED) is 0.703. The topological polar surface area (TPSA) is 57.6 Å². The van der Waals surface area contributed by atoms with Crippen LogP contribution in [0.25, 0.3) is 0 Å². The van der Waals surface area contributed by atoms with Crippen LogP contribution < -0.4 is 0 Å². The fourth-order valence-corrected chi connectivity index (χ4v) is 2.01. The van der Waals surface area contributed by atoms with E-state index in [2.05, 4.69) is 0 Å². The lowest BCUT2D eigenvalue weighted by Crippen LogP contribution is -2.42. The first kappa shape index (κ1) is 12.2. The van der Waals surface area contributed by atoms with Crippen LogP contribution >= 0.6 is 0 Å². The molecule has 15 heavy (non-hydrogen) atoms. The zero-order chi connectivity index (χ0) is 11.3. The molecule has 0 radical (unpaired) electrons. The number of amides is 1. The number of likely N-dealkylation sites (tertiary alicyclic amines) is 1. The van der Waals surface area contributed by atoms with Crippen molar-refractivity contribution >= 4 is 11.7 Å². The van der Waals surface area contributed by atoms with Gasteiger partial charge < -0.3 is 10.0 Å². The molecule has 1 heterocycles. The number of aliphatic hydroxyl groups excluding tert-OH is 1. The van der Waals surface area contributed by atoms with Crippen molar-refractivity contribution in [1.29, 1.82) is 0 Å². The number of hydrogen-bond acceptors (Lipinski definition) is 3. The maximum Gasteiger partial charge on any atom is 0.230 e. The predicted octanol–water partition coefficient (Wildman–Crippen LogP) is 0.729. The SMILES string of the molecule is CC(=O)CC(=O)N1CCCCCC1CO. The Bertz CT molecular complexity index is 240. The third-order valence-corrected chi connectivity index (χ3v) is 2.81. The molecule has 1 N–H and O–H groups in total. The van der Waals surface area contributed by atoms with E-state index in [1.165, 1.54) is 6.92 Å². The van der Waals surface area contributed by atoms with Crippen LogP contribution in [-0.2, 0) is 9.59 Å². The third kappa shape index (κ3) is 3.63. The molecular weight excluding hydrogens is 194 g/mol. The molecule has 1 aliphatic heterocycles. The van der Waals surface area contributed by atoms with Gasteiger partial charge in [-0.3, -0.25) is 9.59 Å². The number of aliphatic hydroxyl groups is 1. The standard InChI is InChI=1S/C11H19NO3/c1-9(14)7-11(15)12-6-4-2-3-5-10(12)8-13/h10,13H,2-8H2,1H3. The molecule has 0 aromatic heterocycles. The van der Waals surface area contributed by atoms with Crippen LogP contribution in [-0.4, -0.2) is 40.9 Å². The van der Waals surface area contributed by atoms with Gasteiger partial charge in [-0.25, -0.2) is 0 Å². The van der Waals surface area contributed by atoms with Crippen LogP contribution in [0.15, 0.2) is 0 Å². The van der Waals surface area contributed by atoms with Gasteiger partial charge in [0.05, 0.1) is 19.1 Å². The summed E-state index contributed by atoms with van der Waals surface area (Å²) < 4.78 is 0. The first-order valence-electron chi connectivity index (χ1n) is 5.55. The zero-order valence-electron chi connectivity index (χ0n) is 9.24. The van der Waals surface area contributed by atoms with E-state index in [0.717, 1.165) is 25.7 Å². The predicted molar refractivity (Wildman–Crippen MR) is 56.4 cm³/mol. The van der Waals surface area contributed by atoms with Crippen molar-refractivity contribution in [2.24, 2.45) is 0 Å². The normalized spacial score (nSPS) is 22.3. The smallest absolute Gasteiger partial charge is 0.230 e.